The third-order valence-electron chi connectivity index (χ3n) is 7.01. The van der Waals surface area contributed by atoms with Crippen LogP contribution in [0.2, 0.25) is 0 Å². The molecule has 3 heterocycles. The van der Waals surface area contributed by atoms with Crippen LogP contribution in [0.15, 0.2) is 48.7 Å². The number of carbonyl (C=O) groups is 1. The number of sulfonamides is 1. The number of hydrogen-bond acceptors (Lipinski definition) is 8. The van der Waals surface area contributed by atoms with E-state index in [9.17, 15) is 26.4 Å². The Hall–Kier alpha value is -4.53. The van der Waals surface area contributed by atoms with Crippen molar-refractivity contribution < 1.29 is 35.5 Å². The number of pyridine rings is 1. The lowest BCUT2D eigenvalue weighted by Crippen LogP contribution is -2.51. The lowest BCUT2D eigenvalue weighted by molar-refractivity contribution is 0.0124. The number of fused-ring (bicyclic) bond motifs is 1. The number of likely N-dealkylation sites (tertiary alicyclic amines) is 1. The van der Waals surface area contributed by atoms with Crippen LogP contribution < -0.4 is 10.0 Å². The van der Waals surface area contributed by atoms with Gasteiger partial charge in [0.25, 0.3) is 0 Å². The summed E-state index contributed by atoms with van der Waals surface area (Å²) in [5.41, 5.74) is 0.951. The quantitative estimate of drug-likeness (QED) is 0.227. The first-order valence-electron chi connectivity index (χ1n) is 14.3. The van der Waals surface area contributed by atoms with Crippen LogP contribution in [0.3, 0.4) is 0 Å². The Morgan fingerprint density at radius 2 is 1.80 bits per heavy atom. The summed E-state index contributed by atoms with van der Waals surface area (Å²) in [6.45, 7) is 7.12. The molecule has 244 valence electrons. The van der Waals surface area contributed by atoms with Gasteiger partial charge in [-0.15, -0.1) is 0 Å². The summed E-state index contributed by atoms with van der Waals surface area (Å²) in [6, 6.07) is 7.52. The molecule has 0 unspecified atom stereocenters. The second-order valence-corrected chi connectivity index (χ2v) is 13.8. The van der Waals surface area contributed by atoms with Crippen molar-refractivity contribution in [3.8, 4) is 11.3 Å². The van der Waals surface area contributed by atoms with E-state index in [1.807, 2.05) is 0 Å². The van der Waals surface area contributed by atoms with E-state index >= 15 is 4.39 Å². The third-order valence-corrected chi connectivity index (χ3v) is 8.23. The zero-order valence-corrected chi connectivity index (χ0v) is 26.3. The first-order valence-corrected chi connectivity index (χ1v) is 16.0. The zero-order chi connectivity index (χ0) is 33.4. The molecular weight excluding hydrogens is 628 g/mol. The first-order chi connectivity index (χ1) is 21.5. The highest BCUT2D eigenvalue weighted by Crippen LogP contribution is 2.28. The number of nitrogens with zero attached hydrogens (tertiary/aromatic N) is 4. The maximum atomic E-state index is 15.0. The van der Waals surface area contributed by atoms with Gasteiger partial charge < -0.3 is 15.0 Å². The second-order valence-electron chi connectivity index (χ2n) is 12.1. The molecule has 0 bridgehead atoms. The maximum absolute atomic E-state index is 15.0. The van der Waals surface area contributed by atoms with Crippen molar-refractivity contribution in [3.63, 3.8) is 0 Å². The van der Waals surface area contributed by atoms with Crippen molar-refractivity contribution in [1.82, 2.24) is 19.9 Å². The second kappa shape index (κ2) is 12.7. The number of ether oxygens (including phenoxy) is 1. The predicted molar refractivity (Wildman–Crippen MR) is 165 cm³/mol. The van der Waals surface area contributed by atoms with Gasteiger partial charge in [0.1, 0.15) is 34.7 Å². The Morgan fingerprint density at radius 3 is 2.50 bits per heavy atom. The van der Waals surface area contributed by atoms with Crippen LogP contribution in [0.4, 0.5) is 34.0 Å². The smallest absolute Gasteiger partial charge is 0.410 e. The maximum Gasteiger partial charge on any atom is 0.410 e. The van der Waals surface area contributed by atoms with E-state index in [0.29, 0.717) is 33.9 Å². The van der Waals surface area contributed by atoms with E-state index in [0.717, 1.165) is 18.2 Å². The van der Waals surface area contributed by atoms with Gasteiger partial charge in [-0.05, 0) is 57.5 Å². The van der Waals surface area contributed by atoms with Gasteiger partial charge in [0, 0.05) is 36.2 Å². The van der Waals surface area contributed by atoms with E-state index in [1.165, 1.54) is 23.2 Å². The van der Waals surface area contributed by atoms with E-state index in [4.69, 9.17) is 4.74 Å². The molecule has 1 amide bonds. The molecule has 2 aromatic carbocycles. The molecule has 1 saturated heterocycles. The van der Waals surface area contributed by atoms with E-state index in [-0.39, 0.29) is 36.7 Å². The molecular formula is C31H32F4N6O4S. The number of nitrogens with one attached hydrogen (secondary N) is 2. The van der Waals surface area contributed by atoms with Gasteiger partial charge in [0.15, 0.2) is 0 Å². The van der Waals surface area contributed by atoms with Gasteiger partial charge in [-0.2, -0.15) is 0 Å². The first kappa shape index (κ1) is 32.9. The summed E-state index contributed by atoms with van der Waals surface area (Å²) >= 11 is 0. The summed E-state index contributed by atoms with van der Waals surface area (Å²) in [7, 11) is -4.23. The van der Waals surface area contributed by atoms with E-state index < -0.39 is 57.1 Å². The number of benzene rings is 2. The van der Waals surface area contributed by atoms with Crippen LogP contribution >= 0.6 is 0 Å². The summed E-state index contributed by atoms with van der Waals surface area (Å²) in [5, 5.41) is 3.10. The number of carbonyl (C=O) groups excluding carboxylic acids is 1. The summed E-state index contributed by atoms with van der Waals surface area (Å²) in [5.74, 6) is -3.37. The van der Waals surface area contributed by atoms with Gasteiger partial charge in [-0.3, -0.25) is 4.72 Å². The monoisotopic (exact) mass is 660 g/mol. The van der Waals surface area contributed by atoms with Gasteiger partial charge in [-0.1, -0.05) is 12.1 Å². The van der Waals surface area contributed by atoms with Crippen molar-refractivity contribution in [2.24, 2.45) is 0 Å². The Kier molecular flexibility index (Phi) is 9.07. The number of alkyl halides is 1. The summed E-state index contributed by atoms with van der Waals surface area (Å²) in [6.07, 6.45) is -0.241. The molecule has 1 aliphatic heterocycles. The van der Waals surface area contributed by atoms with Crippen molar-refractivity contribution in [2.45, 2.75) is 57.7 Å². The molecule has 2 atom stereocenters. The highest BCUT2D eigenvalue weighted by atomic mass is 32.2. The van der Waals surface area contributed by atoms with Gasteiger partial charge in [-0.25, -0.2) is 45.7 Å². The SMILES string of the molecule is Cc1cc(-c2ccc(NS(=O)(=O)Cc3ccc(F)cc3F)c(F)c2)nc2cnc(N[C@H]3C[C@H](F)CN(C(=O)OC(C)(C)C)C3)nc12. The molecule has 15 heteroatoms. The van der Waals surface area contributed by atoms with Crippen LogP contribution in [0, 0.1) is 24.4 Å². The number of amides is 1. The molecule has 1 fully saturated rings. The Labute approximate surface area is 263 Å². The molecule has 0 spiro atoms. The topological polar surface area (TPSA) is 126 Å². The predicted octanol–water partition coefficient (Wildman–Crippen LogP) is 6.12. The Balaban J connectivity index is 1.30. The number of aromatic nitrogens is 3. The summed E-state index contributed by atoms with van der Waals surface area (Å²) < 4.78 is 89.3. The van der Waals surface area contributed by atoms with Crippen molar-refractivity contribution in [1.29, 1.82) is 0 Å². The van der Waals surface area contributed by atoms with E-state index in [1.54, 1.807) is 33.8 Å². The molecule has 2 N–H and O–H groups in total. The Bertz CT molecular complexity index is 1900. The van der Waals surface area contributed by atoms with Crippen LogP contribution in [-0.2, 0) is 20.5 Å². The normalized spacial score (nSPS) is 17.2. The average molecular weight is 661 g/mol. The highest BCUT2D eigenvalue weighted by Gasteiger charge is 2.33. The fourth-order valence-corrected chi connectivity index (χ4v) is 6.22. The molecule has 0 aliphatic carbocycles. The lowest BCUT2D eigenvalue weighted by Gasteiger charge is -2.36. The minimum Gasteiger partial charge on any atom is -0.444 e. The number of piperidine rings is 1. The number of aryl methyl sites for hydroxylation is 1. The fraction of sp³-hybridized carbons (Fsp3) is 0.355. The molecule has 4 aromatic rings. The standard InChI is InChI=1S/C31H32F4N6O4S/c1-17-9-26(18-6-8-25(24(35)10-18)40-46(43,44)16-19-5-7-20(32)12-23(19)34)38-27-13-36-29(39-28(17)27)37-22-11-21(33)14-41(15-22)30(42)45-31(2,3)4/h5-10,12-13,21-22,40H,11,14-16H2,1-4H3,(H,36,37,39)/t21-,22-/m0/s1. The average Bonchev–Trinajstić information content (AvgIpc) is 2.94. The number of hydrogen-bond donors (Lipinski definition) is 2. The summed E-state index contributed by atoms with van der Waals surface area (Å²) in [4.78, 5) is 27.2. The molecule has 2 aromatic heterocycles. The molecule has 1 aliphatic rings. The van der Waals surface area contributed by atoms with Gasteiger partial charge in [0.05, 0.1) is 35.4 Å². The number of rotatable bonds is 7. The van der Waals surface area contributed by atoms with Gasteiger partial charge >= 0.3 is 6.09 Å². The number of halogens is 4. The molecule has 10 nitrogen and oxygen atoms in total. The van der Waals surface area contributed by atoms with Crippen molar-refractivity contribution in [3.05, 3.63) is 77.2 Å². The molecule has 46 heavy (non-hydrogen) atoms. The molecule has 0 saturated carbocycles. The van der Waals surface area contributed by atoms with Crippen molar-refractivity contribution >= 4 is 38.8 Å². The van der Waals surface area contributed by atoms with Crippen LogP contribution in [-0.4, -0.2) is 65.3 Å². The molecule has 0 radical (unpaired) electrons. The van der Waals surface area contributed by atoms with Crippen LogP contribution in [0.1, 0.15) is 38.3 Å². The Morgan fingerprint density at radius 1 is 1.04 bits per heavy atom. The minimum atomic E-state index is -4.23. The fourth-order valence-electron chi connectivity index (χ4n) is 5.00. The lowest BCUT2D eigenvalue weighted by atomic mass is 10.0. The minimum absolute atomic E-state index is 0.0685. The van der Waals surface area contributed by atoms with E-state index in [2.05, 4.69) is 25.0 Å². The van der Waals surface area contributed by atoms with Gasteiger partial charge in [0.2, 0.25) is 16.0 Å². The molecule has 5 rings (SSSR count). The zero-order valence-electron chi connectivity index (χ0n) is 25.4. The number of anilines is 2. The van der Waals surface area contributed by atoms with Crippen molar-refractivity contribution in [2.75, 3.05) is 23.1 Å². The highest BCUT2D eigenvalue weighted by molar-refractivity contribution is 7.91. The third kappa shape index (κ3) is 8.00. The largest absolute Gasteiger partial charge is 0.444 e. The van der Waals surface area contributed by atoms with Crippen LogP contribution in [0.5, 0.6) is 0 Å². The van der Waals surface area contributed by atoms with Crippen LogP contribution in [0.25, 0.3) is 22.3 Å².